The molecule has 0 bridgehead atoms. The fraction of sp³-hybridized carbons (Fsp3) is 1.00. The lowest BCUT2D eigenvalue weighted by molar-refractivity contribution is 0.602. The van der Waals surface area contributed by atoms with Crippen molar-refractivity contribution in [3.05, 3.63) is 0 Å². The van der Waals surface area contributed by atoms with Crippen molar-refractivity contribution >= 4 is 24.8 Å². The van der Waals surface area contributed by atoms with Crippen molar-refractivity contribution in [2.45, 2.75) is 58.8 Å². The summed E-state index contributed by atoms with van der Waals surface area (Å²) in [7, 11) is 0. The van der Waals surface area contributed by atoms with E-state index >= 15 is 0 Å². The van der Waals surface area contributed by atoms with Gasteiger partial charge in [-0.1, -0.05) is 58.8 Å². The summed E-state index contributed by atoms with van der Waals surface area (Å²) >= 11 is 0. The van der Waals surface area contributed by atoms with Gasteiger partial charge in [0.15, 0.2) is 0 Å². The third kappa shape index (κ3) is 22.4. The SMILES string of the molecule is CCCCCCCCC.Cl.Cl.O. The fourth-order valence-electron chi connectivity index (χ4n) is 1.03. The Hall–Kier alpha value is 0.540. The second-order valence-corrected chi connectivity index (χ2v) is 2.77. The van der Waals surface area contributed by atoms with Crippen LogP contribution in [-0.4, -0.2) is 5.48 Å². The van der Waals surface area contributed by atoms with E-state index in [9.17, 15) is 0 Å². The van der Waals surface area contributed by atoms with Crippen LogP contribution in [0.3, 0.4) is 0 Å². The summed E-state index contributed by atoms with van der Waals surface area (Å²) < 4.78 is 0. The summed E-state index contributed by atoms with van der Waals surface area (Å²) in [5, 5.41) is 0. The Morgan fingerprint density at radius 1 is 0.583 bits per heavy atom. The van der Waals surface area contributed by atoms with Gasteiger partial charge in [0.1, 0.15) is 0 Å². The van der Waals surface area contributed by atoms with Crippen molar-refractivity contribution in [1.82, 2.24) is 0 Å². The van der Waals surface area contributed by atoms with Gasteiger partial charge in [0.05, 0.1) is 0 Å². The first kappa shape index (κ1) is 22.9. The molecule has 0 saturated heterocycles. The molecule has 0 aliphatic heterocycles. The molecular weight excluding hydrogens is 195 g/mol. The molecule has 0 aliphatic rings. The number of rotatable bonds is 6. The van der Waals surface area contributed by atoms with E-state index in [0.29, 0.717) is 0 Å². The zero-order valence-corrected chi connectivity index (χ0v) is 9.90. The molecular formula is C9H24Cl2O. The second kappa shape index (κ2) is 22.5. The van der Waals surface area contributed by atoms with Gasteiger partial charge in [0, 0.05) is 0 Å². The van der Waals surface area contributed by atoms with Gasteiger partial charge in [0.2, 0.25) is 0 Å². The van der Waals surface area contributed by atoms with Crippen LogP contribution in [0.25, 0.3) is 0 Å². The van der Waals surface area contributed by atoms with Gasteiger partial charge in [0.25, 0.3) is 0 Å². The molecule has 0 heterocycles. The van der Waals surface area contributed by atoms with Crippen LogP contribution >= 0.6 is 24.8 Å². The van der Waals surface area contributed by atoms with Crippen LogP contribution in [0.15, 0.2) is 0 Å². The lowest BCUT2D eigenvalue weighted by Gasteiger charge is -1.96. The van der Waals surface area contributed by atoms with Crippen LogP contribution in [0.4, 0.5) is 0 Å². The highest BCUT2D eigenvalue weighted by molar-refractivity contribution is 5.85. The molecule has 3 heteroatoms. The number of hydrogen-bond acceptors (Lipinski definition) is 0. The summed E-state index contributed by atoms with van der Waals surface area (Å²) in [5.74, 6) is 0. The Balaban J connectivity index is -0.000000107. The molecule has 12 heavy (non-hydrogen) atoms. The van der Waals surface area contributed by atoms with Crippen molar-refractivity contribution in [1.29, 1.82) is 0 Å². The molecule has 0 aliphatic carbocycles. The maximum absolute atomic E-state index is 2.26. The van der Waals surface area contributed by atoms with Crippen molar-refractivity contribution in [3.8, 4) is 0 Å². The summed E-state index contributed by atoms with van der Waals surface area (Å²) in [4.78, 5) is 0. The van der Waals surface area contributed by atoms with Gasteiger partial charge in [-0.3, -0.25) is 0 Å². The van der Waals surface area contributed by atoms with E-state index in [2.05, 4.69) is 13.8 Å². The quantitative estimate of drug-likeness (QED) is 0.609. The zero-order valence-electron chi connectivity index (χ0n) is 8.27. The molecule has 0 unspecified atom stereocenters. The number of hydrogen-bond donors (Lipinski definition) is 0. The van der Waals surface area contributed by atoms with Crippen LogP contribution < -0.4 is 0 Å². The molecule has 80 valence electrons. The van der Waals surface area contributed by atoms with Crippen molar-refractivity contribution in [2.75, 3.05) is 0 Å². The maximum atomic E-state index is 2.26. The molecule has 0 atom stereocenters. The van der Waals surface area contributed by atoms with E-state index in [1.54, 1.807) is 0 Å². The van der Waals surface area contributed by atoms with Crippen molar-refractivity contribution < 1.29 is 5.48 Å². The first-order valence-electron chi connectivity index (χ1n) is 4.41. The van der Waals surface area contributed by atoms with E-state index in [4.69, 9.17) is 0 Å². The Kier molecular flexibility index (Phi) is 43.0. The normalized spacial score (nSPS) is 7.50. The van der Waals surface area contributed by atoms with Gasteiger partial charge >= 0.3 is 0 Å². The lowest BCUT2D eigenvalue weighted by atomic mass is 10.1. The molecule has 0 spiro atoms. The minimum absolute atomic E-state index is 0. The standard InChI is InChI=1S/C9H20.2ClH.H2O/c1-3-5-7-9-8-6-4-2;;;/h3-9H2,1-2H3;2*1H;1H2. The minimum atomic E-state index is 0. The Morgan fingerprint density at radius 2 is 0.833 bits per heavy atom. The third-order valence-electron chi connectivity index (χ3n) is 1.71. The average molecular weight is 219 g/mol. The van der Waals surface area contributed by atoms with Crippen LogP contribution in [0.1, 0.15) is 58.8 Å². The van der Waals surface area contributed by atoms with Gasteiger partial charge in [-0.2, -0.15) is 0 Å². The molecule has 0 saturated carbocycles. The molecule has 2 N–H and O–H groups in total. The van der Waals surface area contributed by atoms with Crippen molar-refractivity contribution in [3.63, 3.8) is 0 Å². The highest BCUT2D eigenvalue weighted by Gasteiger charge is 1.85. The summed E-state index contributed by atoms with van der Waals surface area (Å²) in [6, 6.07) is 0. The van der Waals surface area contributed by atoms with E-state index in [0.717, 1.165) is 0 Å². The second-order valence-electron chi connectivity index (χ2n) is 2.77. The molecule has 0 fully saturated rings. The van der Waals surface area contributed by atoms with E-state index in [1.807, 2.05) is 0 Å². The highest BCUT2D eigenvalue weighted by Crippen LogP contribution is 2.05. The van der Waals surface area contributed by atoms with Gasteiger partial charge in [-0.25, -0.2) is 0 Å². The first-order valence-corrected chi connectivity index (χ1v) is 4.41. The van der Waals surface area contributed by atoms with E-state index in [1.165, 1.54) is 44.9 Å². The van der Waals surface area contributed by atoms with Gasteiger partial charge in [-0.05, 0) is 0 Å². The van der Waals surface area contributed by atoms with Crippen LogP contribution in [0, 0.1) is 0 Å². The Labute approximate surface area is 89.4 Å². The van der Waals surface area contributed by atoms with Crippen LogP contribution in [0.5, 0.6) is 0 Å². The van der Waals surface area contributed by atoms with Crippen LogP contribution in [-0.2, 0) is 0 Å². The molecule has 0 aromatic rings. The van der Waals surface area contributed by atoms with Crippen molar-refractivity contribution in [2.24, 2.45) is 0 Å². The predicted octanol–water partition coefficient (Wildman–Crippen LogP) is 3.78. The largest absolute Gasteiger partial charge is 0.412 e. The fourth-order valence-corrected chi connectivity index (χ4v) is 1.03. The topological polar surface area (TPSA) is 31.5 Å². The summed E-state index contributed by atoms with van der Waals surface area (Å²) in [5.41, 5.74) is 0. The molecule has 1 nitrogen and oxygen atoms in total. The first-order chi connectivity index (χ1) is 4.41. The maximum Gasteiger partial charge on any atom is -0.0533 e. The highest BCUT2D eigenvalue weighted by atomic mass is 35.5. The van der Waals surface area contributed by atoms with E-state index < -0.39 is 0 Å². The molecule has 0 radical (unpaired) electrons. The van der Waals surface area contributed by atoms with E-state index in [-0.39, 0.29) is 30.3 Å². The van der Waals surface area contributed by atoms with Gasteiger partial charge in [-0.15, -0.1) is 24.8 Å². The smallest absolute Gasteiger partial charge is 0.0533 e. The summed E-state index contributed by atoms with van der Waals surface area (Å²) in [6.45, 7) is 4.53. The third-order valence-corrected chi connectivity index (χ3v) is 1.71. The Morgan fingerprint density at radius 3 is 1.08 bits per heavy atom. The molecule has 0 aromatic heterocycles. The predicted molar refractivity (Wildman–Crippen MR) is 61.8 cm³/mol. The number of unbranched alkanes of at least 4 members (excludes halogenated alkanes) is 6. The zero-order chi connectivity index (χ0) is 6.95. The average Bonchev–Trinajstić information content (AvgIpc) is 1.89. The monoisotopic (exact) mass is 218 g/mol. The molecule has 0 aromatic carbocycles. The number of halogens is 2. The molecule has 0 rings (SSSR count). The Bertz CT molecular complexity index is 45.8. The molecule has 0 amide bonds. The lowest BCUT2D eigenvalue weighted by Crippen LogP contribution is -1.76. The van der Waals surface area contributed by atoms with Crippen LogP contribution in [0.2, 0.25) is 0 Å². The van der Waals surface area contributed by atoms with Gasteiger partial charge < -0.3 is 5.48 Å². The summed E-state index contributed by atoms with van der Waals surface area (Å²) in [6.07, 6.45) is 9.97. The minimum Gasteiger partial charge on any atom is -0.412 e.